The van der Waals surface area contributed by atoms with Crippen molar-refractivity contribution in [2.45, 2.75) is 37.8 Å². The Bertz CT molecular complexity index is 535. The van der Waals surface area contributed by atoms with Crippen molar-refractivity contribution in [3.63, 3.8) is 0 Å². The minimum atomic E-state index is -3.82. The van der Waals surface area contributed by atoms with Gasteiger partial charge in [-0.15, -0.1) is 0 Å². The van der Waals surface area contributed by atoms with Gasteiger partial charge in [-0.25, -0.2) is 8.42 Å². The van der Waals surface area contributed by atoms with Crippen molar-refractivity contribution in [3.8, 4) is 0 Å². The number of carbonyl (C=O) groups is 1. The highest BCUT2D eigenvalue weighted by molar-refractivity contribution is 7.92. The van der Waals surface area contributed by atoms with Crippen LogP contribution in [-0.2, 0) is 14.6 Å². The third-order valence-electron chi connectivity index (χ3n) is 2.70. The summed E-state index contributed by atoms with van der Waals surface area (Å²) in [7, 11) is -3.82. The number of rotatable bonds is 3. The van der Waals surface area contributed by atoms with Crippen LogP contribution < -0.4 is 0 Å². The second-order valence-electron chi connectivity index (χ2n) is 4.25. The molecule has 0 amide bonds. The molecule has 0 saturated carbocycles. The molecule has 1 atom stereocenters. The van der Waals surface area contributed by atoms with Crippen molar-refractivity contribution in [2.24, 2.45) is 0 Å². The summed E-state index contributed by atoms with van der Waals surface area (Å²) in [6.45, 7) is 6.43. The summed E-state index contributed by atoms with van der Waals surface area (Å²) >= 11 is 0. The highest BCUT2D eigenvalue weighted by Crippen LogP contribution is 2.25. The summed E-state index contributed by atoms with van der Waals surface area (Å²) < 4.78 is 24.3. The molecule has 0 saturated heterocycles. The van der Waals surface area contributed by atoms with E-state index in [0.717, 1.165) is 5.56 Å². The summed E-state index contributed by atoms with van der Waals surface area (Å²) in [6.07, 6.45) is 0. The summed E-state index contributed by atoms with van der Waals surface area (Å²) in [4.78, 5) is 11.0. The van der Waals surface area contributed by atoms with Gasteiger partial charge in [0.15, 0.2) is 15.1 Å². The van der Waals surface area contributed by atoms with E-state index in [1.165, 1.54) is 6.92 Å². The van der Waals surface area contributed by atoms with Crippen molar-refractivity contribution in [1.82, 2.24) is 0 Å². The molecule has 1 aromatic carbocycles. The predicted octanol–water partition coefficient (Wildman–Crippen LogP) is 1.86. The van der Waals surface area contributed by atoms with E-state index in [1.54, 1.807) is 26.0 Å². The number of hydrogen-bond acceptors (Lipinski definition) is 3. The van der Waals surface area contributed by atoms with Crippen LogP contribution in [0.5, 0.6) is 0 Å². The van der Waals surface area contributed by atoms with Crippen LogP contribution in [0.4, 0.5) is 0 Å². The van der Waals surface area contributed by atoms with Crippen LogP contribution in [0.1, 0.15) is 23.6 Å². The molecule has 0 spiro atoms. The molecule has 0 radical (unpaired) electrons. The van der Waals surface area contributed by atoms with Gasteiger partial charge in [0.2, 0.25) is 0 Å². The van der Waals surface area contributed by atoms with Gasteiger partial charge in [0, 0.05) is 0 Å². The van der Waals surface area contributed by atoms with Gasteiger partial charge < -0.3 is 5.11 Å². The smallest absolute Gasteiger partial charge is 0.321 e. The number of aliphatic carboxylic acids is 1. The molecule has 1 rings (SSSR count). The van der Waals surface area contributed by atoms with Crippen LogP contribution in [0, 0.1) is 20.8 Å². The Hall–Kier alpha value is -1.36. The molecule has 1 N–H and O–H groups in total. The van der Waals surface area contributed by atoms with Crippen LogP contribution in [-0.4, -0.2) is 24.7 Å². The number of sulfone groups is 1. The van der Waals surface area contributed by atoms with Crippen molar-refractivity contribution in [1.29, 1.82) is 0 Å². The normalized spacial score (nSPS) is 13.4. The zero-order valence-electron chi connectivity index (χ0n) is 10.3. The van der Waals surface area contributed by atoms with Crippen LogP contribution in [0.15, 0.2) is 17.0 Å². The highest BCUT2D eigenvalue weighted by atomic mass is 32.2. The second-order valence-corrected chi connectivity index (χ2v) is 6.46. The summed E-state index contributed by atoms with van der Waals surface area (Å²) in [5.74, 6) is -1.33. The largest absolute Gasteiger partial charge is 0.480 e. The zero-order chi connectivity index (χ0) is 13.4. The fourth-order valence-electron chi connectivity index (χ4n) is 1.93. The van der Waals surface area contributed by atoms with Crippen LogP contribution in [0.25, 0.3) is 0 Å². The number of carboxylic acid groups (broad SMARTS) is 1. The lowest BCUT2D eigenvalue weighted by atomic mass is 10.1. The SMILES string of the molecule is Cc1cc(C)c(S(=O)(=O)C(C)C(=O)O)c(C)c1. The van der Waals surface area contributed by atoms with Gasteiger partial charge >= 0.3 is 5.97 Å². The van der Waals surface area contributed by atoms with Crippen molar-refractivity contribution >= 4 is 15.8 Å². The van der Waals surface area contributed by atoms with E-state index in [4.69, 9.17) is 5.11 Å². The molecule has 4 nitrogen and oxygen atoms in total. The zero-order valence-corrected chi connectivity index (χ0v) is 11.1. The lowest BCUT2D eigenvalue weighted by Crippen LogP contribution is -2.28. The topological polar surface area (TPSA) is 71.4 Å². The summed E-state index contributed by atoms with van der Waals surface area (Å²) in [5, 5.41) is 7.41. The molecule has 0 heterocycles. The first-order valence-electron chi connectivity index (χ1n) is 5.22. The molecular formula is C12H16O4S. The van der Waals surface area contributed by atoms with E-state index in [1.807, 2.05) is 6.92 Å². The van der Waals surface area contributed by atoms with Crippen molar-refractivity contribution in [2.75, 3.05) is 0 Å². The predicted molar refractivity (Wildman–Crippen MR) is 64.9 cm³/mol. The van der Waals surface area contributed by atoms with Crippen LogP contribution in [0.3, 0.4) is 0 Å². The first kappa shape index (κ1) is 13.7. The molecule has 1 unspecified atom stereocenters. The molecule has 94 valence electrons. The van der Waals surface area contributed by atoms with E-state index in [2.05, 4.69) is 0 Å². The molecule has 5 heteroatoms. The average Bonchev–Trinajstić information content (AvgIpc) is 2.13. The Kier molecular flexibility index (Phi) is 3.62. The number of hydrogen-bond donors (Lipinski definition) is 1. The van der Waals surface area contributed by atoms with E-state index in [9.17, 15) is 13.2 Å². The Morgan fingerprint density at radius 1 is 1.18 bits per heavy atom. The van der Waals surface area contributed by atoms with Crippen molar-refractivity contribution < 1.29 is 18.3 Å². The molecule has 0 aliphatic heterocycles. The maximum atomic E-state index is 12.1. The summed E-state index contributed by atoms with van der Waals surface area (Å²) in [5.41, 5.74) is 2.15. The fourth-order valence-corrected chi connectivity index (χ4v) is 3.56. The quantitative estimate of drug-likeness (QED) is 0.896. The molecule has 0 aliphatic carbocycles. The maximum Gasteiger partial charge on any atom is 0.321 e. The van der Waals surface area contributed by atoms with E-state index >= 15 is 0 Å². The third kappa shape index (κ3) is 2.49. The fraction of sp³-hybridized carbons (Fsp3) is 0.417. The third-order valence-corrected chi connectivity index (χ3v) is 5.05. The highest BCUT2D eigenvalue weighted by Gasteiger charge is 2.31. The first-order chi connectivity index (χ1) is 7.67. The van der Waals surface area contributed by atoms with Gasteiger partial charge in [0.1, 0.15) is 0 Å². The molecule has 17 heavy (non-hydrogen) atoms. The first-order valence-corrected chi connectivity index (χ1v) is 6.77. The van der Waals surface area contributed by atoms with Gasteiger partial charge in [-0.3, -0.25) is 4.79 Å². The van der Waals surface area contributed by atoms with Gasteiger partial charge in [-0.2, -0.15) is 0 Å². The average molecular weight is 256 g/mol. The van der Waals surface area contributed by atoms with E-state index < -0.39 is 21.1 Å². The van der Waals surface area contributed by atoms with Gasteiger partial charge in [0.05, 0.1) is 4.90 Å². The van der Waals surface area contributed by atoms with E-state index in [0.29, 0.717) is 11.1 Å². The van der Waals surface area contributed by atoms with Gasteiger partial charge in [0.25, 0.3) is 0 Å². The van der Waals surface area contributed by atoms with Crippen LogP contribution in [0.2, 0.25) is 0 Å². The number of benzene rings is 1. The van der Waals surface area contributed by atoms with E-state index in [-0.39, 0.29) is 4.90 Å². The second kappa shape index (κ2) is 4.49. The Balaban J connectivity index is 3.50. The van der Waals surface area contributed by atoms with Gasteiger partial charge in [-0.1, -0.05) is 17.7 Å². The lowest BCUT2D eigenvalue weighted by molar-refractivity contribution is -0.136. The molecule has 1 aromatic rings. The standard InChI is InChI=1S/C12H16O4S/c1-7-5-8(2)11(9(3)6-7)17(15,16)10(4)12(13)14/h5-6,10H,1-4H3,(H,13,14). The minimum absolute atomic E-state index is 0.137. The number of aryl methyl sites for hydroxylation is 3. The van der Waals surface area contributed by atoms with Gasteiger partial charge in [-0.05, 0) is 38.8 Å². The monoisotopic (exact) mass is 256 g/mol. The molecule has 0 aromatic heterocycles. The lowest BCUT2D eigenvalue weighted by Gasteiger charge is -2.14. The minimum Gasteiger partial charge on any atom is -0.480 e. The summed E-state index contributed by atoms with van der Waals surface area (Å²) in [6, 6.07) is 3.49. The number of carboxylic acids is 1. The Morgan fingerprint density at radius 2 is 1.59 bits per heavy atom. The Morgan fingerprint density at radius 3 is 1.94 bits per heavy atom. The molecule has 0 bridgehead atoms. The molecular weight excluding hydrogens is 240 g/mol. The van der Waals surface area contributed by atoms with Crippen LogP contribution >= 0.6 is 0 Å². The molecule has 0 fully saturated rings. The van der Waals surface area contributed by atoms with Crippen molar-refractivity contribution in [3.05, 3.63) is 28.8 Å². The Labute approximate surface area is 101 Å². The molecule has 0 aliphatic rings. The maximum absolute atomic E-state index is 12.1.